The van der Waals surface area contributed by atoms with Gasteiger partial charge in [-0.25, -0.2) is 14.8 Å². The number of imide groups is 1. The Balaban J connectivity index is 1.83. The number of rotatable bonds is 7. The Morgan fingerprint density at radius 2 is 1.67 bits per heavy atom. The zero-order chi connectivity index (χ0) is 22.1. The largest absolute Gasteiger partial charge is 0.356 e. The van der Waals surface area contributed by atoms with Crippen LogP contribution in [0.2, 0.25) is 0 Å². The van der Waals surface area contributed by atoms with Gasteiger partial charge in [-0.05, 0) is 38.0 Å². The highest BCUT2D eigenvalue weighted by atomic mass is 16.2. The van der Waals surface area contributed by atoms with E-state index in [-0.39, 0.29) is 17.9 Å². The van der Waals surface area contributed by atoms with E-state index >= 15 is 0 Å². The molecule has 1 aromatic heterocycles. The summed E-state index contributed by atoms with van der Waals surface area (Å²) in [4.78, 5) is 41.6. The van der Waals surface area contributed by atoms with E-state index in [4.69, 9.17) is 4.98 Å². The van der Waals surface area contributed by atoms with E-state index in [9.17, 15) is 9.59 Å². The van der Waals surface area contributed by atoms with Gasteiger partial charge in [0.1, 0.15) is 17.2 Å². The maximum absolute atomic E-state index is 13.5. The molecule has 0 aliphatic carbocycles. The van der Waals surface area contributed by atoms with Gasteiger partial charge in [0.2, 0.25) is 0 Å². The molecule has 2 saturated heterocycles. The molecule has 0 radical (unpaired) electrons. The molecule has 0 atom stereocenters. The fourth-order valence-corrected chi connectivity index (χ4v) is 4.63. The average Bonchev–Trinajstić information content (AvgIpc) is 2.84. The lowest BCUT2D eigenvalue weighted by Gasteiger charge is -2.43. The van der Waals surface area contributed by atoms with Crippen LogP contribution in [0.15, 0.2) is 6.07 Å². The molecule has 2 aliphatic heterocycles. The third-order valence-corrected chi connectivity index (χ3v) is 5.99. The van der Waals surface area contributed by atoms with Crippen LogP contribution < -0.4 is 4.90 Å². The quantitative estimate of drug-likeness (QED) is 0.636. The molecule has 2 aliphatic rings. The number of carbonyl (C=O) groups is 2. The van der Waals surface area contributed by atoms with Crippen LogP contribution in [0.5, 0.6) is 0 Å². The van der Waals surface area contributed by atoms with Crippen LogP contribution in [0.3, 0.4) is 0 Å². The number of hydrogen-bond donors (Lipinski definition) is 0. The third kappa shape index (κ3) is 4.30. The maximum atomic E-state index is 13.5. The van der Waals surface area contributed by atoms with Gasteiger partial charge < -0.3 is 9.80 Å². The van der Waals surface area contributed by atoms with Crippen LogP contribution >= 0.6 is 0 Å². The molecular weight excluding hydrogens is 378 g/mol. The molecule has 1 aromatic rings. The van der Waals surface area contributed by atoms with Crippen LogP contribution in [0.4, 0.5) is 10.6 Å². The molecule has 0 unspecified atom stereocenters. The Kier molecular flexibility index (Phi) is 6.68. The molecule has 0 aromatic carbocycles. The molecule has 3 rings (SSSR count). The van der Waals surface area contributed by atoms with Gasteiger partial charge >= 0.3 is 6.03 Å². The van der Waals surface area contributed by atoms with Crippen LogP contribution in [0, 0.1) is 18.8 Å². The first-order valence-electron chi connectivity index (χ1n) is 11.4. The average molecular weight is 416 g/mol. The summed E-state index contributed by atoms with van der Waals surface area (Å²) in [6.07, 6.45) is 3.17. The van der Waals surface area contributed by atoms with E-state index in [0.29, 0.717) is 44.9 Å². The summed E-state index contributed by atoms with van der Waals surface area (Å²) >= 11 is 0. The van der Waals surface area contributed by atoms with Crippen molar-refractivity contribution in [1.29, 1.82) is 0 Å². The summed E-state index contributed by atoms with van der Waals surface area (Å²) in [6.45, 7) is 15.0. The second kappa shape index (κ2) is 8.90. The molecule has 3 amide bonds. The fourth-order valence-electron chi connectivity index (χ4n) is 4.63. The van der Waals surface area contributed by atoms with Crippen molar-refractivity contribution in [3.8, 4) is 0 Å². The van der Waals surface area contributed by atoms with E-state index in [1.54, 1.807) is 0 Å². The predicted octanol–water partition coefficient (Wildman–Crippen LogP) is 3.65. The highest BCUT2D eigenvalue weighted by molar-refractivity contribution is 6.07. The predicted molar refractivity (Wildman–Crippen MR) is 118 cm³/mol. The first-order valence-corrected chi connectivity index (χ1v) is 11.4. The fraction of sp³-hybridized carbons (Fsp3) is 0.739. The highest BCUT2D eigenvalue weighted by Crippen LogP contribution is 2.39. The van der Waals surface area contributed by atoms with Gasteiger partial charge in [-0.2, -0.15) is 0 Å². The number of carbonyl (C=O) groups excluding carboxylic acids is 2. The molecule has 3 heterocycles. The minimum Gasteiger partial charge on any atom is -0.356 e. The number of amides is 3. The molecule has 0 saturated carbocycles. The number of hydrogen-bond acceptors (Lipinski definition) is 5. The standard InChI is InChI=1S/C23H37N5O2/c1-7-8-19-24-18(6)13-20(25-19)26-11-9-23(10-12-26)21(29)27(14-16(2)3)22(30)28(23)15-17(4)5/h13,16-17H,7-12,14-15H2,1-6H3. The summed E-state index contributed by atoms with van der Waals surface area (Å²) in [7, 11) is 0. The van der Waals surface area contributed by atoms with E-state index in [0.717, 1.165) is 30.2 Å². The first kappa shape index (κ1) is 22.5. The number of urea groups is 1. The molecular formula is C23H37N5O2. The van der Waals surface area contributed by atoms with Gasteiger partial charge in [-0.3, -0.25) is 9.69 Å². The van der Waals surface area contributed by atoms with Gasteiger partial charge in [0.25, 0.3) is 5.91 Å². The molecule has 1 spiro atoms. The van der Waals surface area contributed by atoms with Crippen molar-refractivity contribution in [2.24, 2.45) is 11.8 Å². The zero-order valence-electron chi connectivity index (χ0n) is 19.4. The van der Waals surface area contributed by atoms with Crippen LogP contribution in [0.1, 0.15) is 65.4 Å². The Hall–Kier alpha value is -2.18. The molecule has 7 nitrogen and oxygen atoms in total. The van der Waals surface area contributed by atoms with Crippen molar-refractivity contribution >= 4 is 17.8 Å². The second-order valence-corrected chi connectivity index (χ2v) is 9.65. The molecule has 0 bridgehead atoms. The Labute approximate surface area is 180 Å². The highest BCUT2D eigenvalue weighted by Gasteiger charge is 2.57. The lowest BCUT2D eigenvalue weighted by molar-refractivity contribution is -0.134. The number of aromatic nitrogens is 2. The van der Waals surface area contributed by atoms with Gasteiger partial charge in [0.15, 0.2) is 0 Å². The Morgan fingerprint density at radius 3 is 2.23 bits per heavy atom. The lowest BCUT2D eigenvalue weighted by atomic mass is 9.85. The Bertz CT molecular complexity index is 784. The van der Waals surface area contributed by atoms with Crippen LogP contribution in [0.25, 0.3) is 0 Å². The van der Waals surface area contributed by atoms with Gasteiger partial charge in [-0.1, -0.05) is 34.6 Å². The van der Waals surface area contributed by atoms with E-state index in [2.05, 4.69) is 30.7 Å². The summed E-state index contributed by atoms with van der Waals surface area (Å²) in [5, 5.41) is 0. The SMILES string of the molecule is CCCc1nc(C)cc(N2CCC3(CC2)C(=O)N(CC(C)C)C(=O)N3CC(C)C)n1. The molecule has 30 heavy (non-hydrogen) atoms. The Morgan fingerprint density at radius 1 is 1.03 bits per heavy atom. The zero-order valence-corrected chi connectivity index (χ0v) is 19.4. The molecule has 166 valence electrons. The van der Waals surface area contributed by atoms with Crippen molar-refractivity contribution < 1.29 is 9.59 Å². The van der Waals surface area contributed by atoms with Crippen molar-refractivity contribution in [1.82, 2.24) is 19.8 Å². The maximum Gasteiger partial charge on any atom is 0.327 e. The minimum atomic E-state index is -0.707. The van der Waals surface area contributed by atoms with Crippen molar-refractivity contribution in [3.63, 3.8) is 0 Å². The summed E-state index contributed by atoms with van der Waals surface area (Å²) in [5.41, 5.74) is 0.265. The topological polar surface area (TPSA) is 69.6 Å². The number of piperidine rings is 1. The number of anilines is 1. The van der Waals surface area contributed by atoms with Gasteiger partial charge in [-0.15, -0.1) is 0 Å². The van der Waals surface area contributed by atoms with Crippen molar-refractivity contribution in [2.75, 3.05) is 31.1 Å². The molecule has 7 heteroatoms. The summed E-state index contributed by atoms with van der Waals surface area (Å²) < 4.78 is 0. The van der Waals surface area contributed by atoms with Crippen molar-refractivity contribution in [3.05, 3.63) is 17.6 Å². The van der Waals surface area contributed by atoms with Crippen LogP contribution in [-0.2, 0) is 11.2 Å². The first-order chi connectivity index (χ1) is 14.2. The van der Waals surface area contributed by atoms with E-state index in [1.807, 2.05) is 31.7 Å². The van der Waals surface area contributed by atoms with E-state index in [1.165, 1.54) is 4.90 Å². The number of nitrogens with zero attached hydrogens (tertiary/aromatic N) is 5. The summed E-state index contributed by atoms with van der Waals surface area (Å²) in [5.74, 6) is 2.38. The van der Waals surface area contributed by atoms with Crippen LogP contribution in [-0.4, -0.2) is 63.4 Å². The van der Waals surface area contributed by atoms with Crippen molar-refractivity contribution in [2.45, 2.75) is 72.8 Å². The smallest absolute Gasteiger partial charge is 0.327 e. The monoisotopic (exact) mass is 415 g/mol. The minimum absolute atomic E-state index is 0.00737. The van der Waals surface area contributed by atoms with Gasteiger partial charge in [0.05, 0.1) is 0 Å². The molecule has 0 N–H and O–H groups in total. The summed E-state index contributed by atoms with van der Waals surface area (Å²) in [6, 6.07) is 1.91. The number of aryl methyl sites for hydroxylation is 2. The van der Waals surface area contributed by atoms with Gasteiger partial charge in [0, 0.05) is 44.4 Å². The lowest BCUT2D eigenvalue weighted by Crippen LogP contribution is -2.57. The third-order valence-electron chi connectivity index (χ3n) is 5.99. The van der Waals surface area contributed by atoms with E-state index < -0.39 is 5.54 Å². The molecule has 2 fully saturated rings. The normalized spacial score (nSPS) is 19.1. The second-order valence-electron chi connectivity index (χ2n) is 9.65.